The Morgan fingerprint density at radius 1 is 1.14 bits per heavy atom. The third kappa shape index (κ3) is 7.76. The second-order valence-corrected chi connectivity index (χ2v) is 12.5. The Kier molecular flexibility index (Phi) is 10.9. The number of fused-ring (bicyclic) bond motifs is 1. The molecule has 0 unspecified atom stereocenters. The monoisotopic (exact) mass is 621 g/mol. The van der Waals surface area contributed by atoms with Gasteiger partial charge < -0.3 is 24.5 Å². The van der Waals surface area contributed by atoms with Crippen molar-refractivity contribution in [2.45, 2.75) is 96.9 Å². The third-order valence-electron chi connectivity index (χ3n) is 9.37. The minimum atomic E-state index is -0.560. The number of oxazole rings is 1. The Morgan fingerprint density at radius 3 is 2.68 bits per heavy atom. The number of pyridine rings is 1. The fourth-order valence-corrected chi connectivity index (χ4v) is 6.43. The summed E-state index contributed by atoms with van der Waals surface area (Å²) in [5.41, 5.74) is 5.29. The van der Waals surface area contributed by atoms with Gasteiger partial charge in [-0.05, 0) is 100 Å². The first-order valence-corrected chi connectivity index (χ1v) is 16.0. The number of nitrogens with zero attached hydrogens (tertiary/aromatic N) is 4. The zero-order valence-electron chi connectivity index (χ0n) is 26.1. The smallest absolute Gasteiger partial charge is 0.181 e. The molecule has 1 saturated heterocycles. The molecule has 0 amide bonds. The van der Waals surface area contributed by atoms with Gasteiger partial charge in [-0.2, -0.15) is 13.5 Å². The van der Waals surface area contributed by atoms with Crippen molar-refractivity contribution in [1.29, 1.82) is 0 Å². The second kappa shape index (κ2) is 14.8. The number of ether oxygens (including phenoxy) is 1. The van der Waals surface area contributed by atoms with Gasteiger partial charge in [0.25, 0.3) is 0 Å². The van der Waals surface area contributed by atoms with Crippen LogP contribution in [0.1, 0.15) is 89.9 Å². The Balaban J connectivity index is 0.00000384. The third-order valence-corrected chi connectivity index (χ3v) is 9.37. The number of benzene rings is 1. The number of aliphatic hydroxyl groups is 1. The molecule has 1 atom stereocenters. The number of carbonyl (C=O) groups is 1. The standard InChI is InChI=1S/C34H45N5O4.H2S/c1-23-29-13-16-38(19-25(29)9-12-31(23)42-21-32-24(2)35-22-43-32)20-28(40)10-11-30(41)26-17-33(36-27-7-6-8-27)37-34(18-26)39-14-4-3-5-15-39;/h9,12,17-18,22,27-28,40H,3-8,10-11,13-16,19-21H2,1-2H3,(H,36,37);1H2/t28-;/m0./s1. The van der Waals surface area contributed by atoms with E-state index >= 15 is 0 Å². The number of ketones is 1. The van der Waals surface area contributed by atoms with Crippen LogP contribution in [-0.4, -0.2) is 64.1 Å². The van der Waals surface area contributed by atoms with Crippen molar-refractivity contribution in [3.05, 3.63) is 64.4 Å². The minimum absolute atomic E-state index is 0. The lowest BCUT2D eigenvalue weighted by Crippen LogP contribution is -2.37. The van der Waals surface area contributed by atoms with Gasteiger partial charge in [0.2, 0.25) is 0 Å². The average Bonchev–Trinajstić information content (AvgIpc) is 3.42. The molecule has 3 aromatic rings. The molecule has 1 aromatic carbocycles. The molecule has 1 aliphatic carbocycles. The van der Waals surface area contributed by atoms with Crippen LogP contribution >= 0.6 is 13.5 Å². The first kappa shape index (κ1) is 32.3. The van der Waals surface area contributed by atoms with E-state index in [0.717, 1.165) is 92.7 Å². The van der Waals surface area contributed by atoms with Crippen molar-refractivity contribution in [2.24, 2.45) is 0 Å². The Morgan fingerprint density at radius 2 is 1.95 bits per heavy atom. The average molecular weight is 622 g/mol. The van der Waals surface area contributed by atoms with E-state index in [1.807, 2.05) is 25.1 Å². The number of Topliss-reactive ketones (excluding diaryl/α,β-unsaturated/α-hetero) is 1. The minimum Gasteiger partial charge on any atom is -0.485 e. The van der Waals surface area contributed by atoms with Crippen LogP contribution in [0.3, 0.4) is 0 Å². The van der Waals surface area contributed by atoms with Crippen LogP contribution in [0.15, 0.2) is 35.1 Å². The van der Waals surface area contributed by atoms with E-state index < -0.39 is 6.10 Å². The molecule has 2 aliphatic heterocycles. The first-order chi connectivity index (χ1) is 20.9. The molecule has 2 aromatic heterocycles. The number of anilines is 2. The summed E-state index contributed by atoms with van der Waals surface area (Å²) in [6.45, 7) is 8.56. The predicted molar refractivity (Wildman–Crippen MR) is 177 cm³/mol. The number of hydrogen-bond acceptors (Lipinski definition) is 9. The number of aryl methyl sites for hydroxylation is 1. The van der Waals surface area contributed by atoms with Gasteiger partial charge in [-0.15, -0.1) is 0 Å². The summed E-state index contributed by atoms with van der Waals surface area (Å²) in [5.74, 6) is 3.39. The molecule has 1 saturated carbocycles. The molecule has 238 valence electrons. The van der Waals surface area contributed by atoms with Gasteiger partial charge in [0.1, 0.15) is 24.0 Å². The zero-order valence-corrected chi connectivity index (χ0v) is 27.1. The van der Waals surface area contributed by atoms with Gasteiger partial charge in [-0.25, -0.2) is 9.97 Å². The van der Waals surface area contributed by atoms with Crippen LogP contribution in [0.2, 0.25) is 0 Å². The zero-order chi connectivity index (χ0) is 29.8. The van der Waals surface area contributed by atoms with Gasteiger partial charge in [0.15, 0.2) is 17.9 Å². The lowest BCUT2D eigenvalue weighted by atomic mass is 9.93. The maximum atomic E-state index is 13.4. The number of piperidine rings is 1. The van der Waals surface area contributed by atoms with Crippen molar-refractivity contribution in [3.8, 4) is 5.75 Å². The van der Waals surface area contributed by atoms with E-state index in [1.165, 1.54) is 30.4 Å². The number of hydrogen-bond donors (Lipinski definition) is 2. The lowest BCUT2D eigenvalue weighted by Gasteiger charge is -2.31. The number of β-amino-alcohol motifs (C(OH)–C–C–N with tert-alkyl or cyclic N) is 1. The number of rotatable bonds is 12. The number of aliphatic hydroxyl groups excluding tert-OH is 1. The molecule has 4 heterocycles. The maximum absolute atomic E-state index is 13.4. The summed E-state index contributed by atoms with van der Waals surface area (Å²) in [7, 11) is 0. The van der Waals surface area contributed by atoms with Gasteiger partial charge in [0.05, 0.1) is 11.8 Å². The highest BCUT2D eigenvalue weighted by atomic mass is 32.1. The Hall–Kier alpha value is -3.08. The normalized spacial score (nSPS) is 17.8. The van der Waals surface area contributed by atoms with E-state index in [1.54, 1.807) is 0 Å². The van der Waals surface area contributed by atoms with Gasteiger partial charge >= 0.3 is 0 Å². The molecular formula is C34H47N5O4S. The van der Waals surface area contributed by atoms with Crippen LogP contribution < -0.4 is 15.0 Å². The first-order valence-electron chi connectivity index (χ1n) is 16.0. The molecule has 10 heteroatoms. The van der Waals surface area contributed by atoms with Crippen LogP contribution in [0, 0.1) is 13.8 Å². The number of carbonyl (C=O) groups excluding carboxylic acids is 1. The highest BCUT2D eigenvalue weighted by molar-refractivity contribution is 7.59. The molecule has 2 N–H and O–H groups in total. The molecule has 6 rings (SSSR count). The summed E-state index contributed by atoms with van der Waals surface area (Å²) in [5, 5.41) is 14.5. The van der Waals surface area contributed by atoms with Crippen LogP contribution in [0.25, 0.3) is 0 Å². The van der Waals surface area contributed by atoms with E-state index in [4.69, 9.17) is 14.1 Å². The second-order valence-electron chi connectivity index (χ2n) is 12.5. The topological polar surface area (TPSA) is 104 Å². The molecule has 0 radical (unpaired) electrons. The van der Waals surface area contributed by atoms with Crippen LogP contribution in [-0.2, 0) is 19.6 Å². The van der Waals surface area contributed by atoms with Crippen LogP contribution in [0.5, 0.6) is 5.75 Å². The fourth-order valence-electron chi connectivity index (χ4n) is 6.43. The molecule has 9 nitrogen and oxygen atoms in total. The summed E-state index contributed by atoms with van der Waals surface area (Å²) in [6.07, 6.45) is 9.69. The summed E-state index contributed by atoms with van der Waals surface area (Å²) >= 11 is 0. The fraction of sp³-hybridized carbons (Fsp3) is 0.559. The predicted octanol–water partition coefficient (Wildman–Crippen LogP) is 5.72. The van der Waals surface area contributed by atoms with Crippen molar-refractivity contribution in [1.82, 2.24) is 14.9 Å². The van der Waals surface area contributed by atoms with Gasteiger partial charge in [-0.1, -0.05) is 6.07 Å². The highest BCUT2D eigenvalue weighted by Gasteiger charge is 2.24. The van der Waals surface area contributed by atoms with Crippen molar-refractivity contribution >= 4 is 30.9 Å². The largest absolute Gasteiger partial charge is 0.485 e. The number of aromatic nitrogens is 2. The van der Waals surface area contributed by atoms with Gasteiger partial charge in [-0.3, -0.25) is 9.69 Å². The van der Waals surface area contributed by atoms with E-state index in [9.17, 15) is 9.90 Å². The summed E-state index contributed by atoms with van der Waals surface area (Å²) in [4.78, 5) is 27.0. The van der Waals surface area contributed by atoms with E-state index in [0.29, 0.717) is 37.6 Å². The molecule has 0 spiro atoms. The lowest BCUT2D eigenvalue weighted by molar-refractivity contribution is 0.0836. The van der Waals surface area contributed by atoms with Crippen LogP contribution in [0.4, 0.5) is 11.6 Å². The molecular weight excluding hydrogens is 574 g/mol. The Labute approximate surface area is 267 Å². The molecule has 2 fully saturated rings. The molecule has 0 bridgehead atoms. The van der Waals surface area contributed by atoms with E-state index in [-0.39, 0.29) is 19.3 Å². The summed E-state index contributed by atoms with van der Waals surface area (Å²) in [6, 6.07) is 8.48. The summed E-state index contributed by atoms with van der Waals surface area (Å²) < 4.78 is 11.5. The maximum Gasteiger partial charge on any atom is 0.181 e. The van der Waals surface area contributed by atoms with Crippen molar-refractivity contribution in [3.63, 3.8) is 0 Å². The SMILES string of the molecule is Cc1ncoc1COc1ccc2c(c1C)CCN(C[C@@H](O)CCC(=O)c1cc(NC3CCC3)nc(N3CCCCC3)c1)C2.S. The molecule has 3 aliphatic rings. The Bertz CT molecular complexity index is 1420. The quantitative estimate of drug-likeness (QED) is 0.246. The number of nitrogens with one attached hydrogen (secondary N) is 1. The highest BCUT2D eigenvalue weighted by Crippen LogP contribution is 2.31. The van der Waals surface area contributed by atoms with Gasteiger partial charge in [0, 0.05) is 50.7 Å². The molecule has 44 heavy (non-hydrogen) atoms. The van der Waals surface area contributed by atoms with Crippen molar-refractivity contribution < 1.29 is 19.1 Å². The van der Waals surface area contributed by atoms with E-state index in [2.05, 4.69) is 33.1 Å². The van der Waals surface area contributed by atoms with Crippen molar-refractivity contribution in [2.75, 3.05) is 36.4 Å².